The second kappa shape index (κ2) is 9.99. The Morgan fingerprint density at radius 1 is 1.08 bits per heavy atom. The second-order valence-corrected chi connectivity index (χ2v) is 6.30. The maximum atomic E-state index is 5.96. The quantitative estimate of drug-likeness (QED) is 0.589. The highest BCUT2D eigenvalue weighted by Gasteiger charge is 2.13. The molecule has 0 radical (unpaired) electrons. The predicted molar refractivity (Wildman–Crippen MR) is 101 cm³/mol. The Labute approximate surface area is 154 Å². The van der Waals surface area contributed by atoms with E-state index in [1.807, 2.05) is 12.1 Å². The van der Waals surface area contributed by atoms with Crippen LogP contribution in [0.25, 0.3) is 0 Å². The van der Waals surface area contributed by atoms with E-state index in [-0.39, 0.29) is 0 Å². The zero-order valence-corrected chi connectivity index (χ0v) is 15.2. The van der Waals surface area contributed by atoms with Gasteiger partial charge >= 0.3 is 0 Å². The van der Waals surface area contributed by atoms with Crippen LogP contribution in [0.3, 0.4) is 0 Å². The first kappa shape index (κ1) is 18.5. The normalized spacial score (nSPS) is 15.8. The standard InChI is InChI=1S/C20H27N3O3/c1-21-20(23-14-19-3-2-10-25-19)22-13-16-4-6-17(7-5-16)15-26-18-8-11-24-12-9-18/h2-7,10,18H,8-9,11-15H2,1H3,(H2,21,22,23). The van der Waals surface area contributed by atoms with Crippen LogP contribution in [0, 0.1) is 0 Å². The molecule has 1 aromatic heterocycles. The molecule has 1 aliphatic heterocycles. The molecule has 6 heteroatoms. The summed E-state index contributed by atoms with van der Waals surface area (Å²) >= 11 is 0. The van der Waals surface area contributed by atoms with Crippen molar-refractivity contribution in [3.63, 3.8) is 0 Å². The molecule has 1 saturated heterocycles. The minimum Gasteiger partial charge on any atom is -0.467 e. The molecular formula is C20H27N3O3. The number of furan rings is 1. The topological polar surface area (TPSA) is 68.0 Å². The summed E-state index contributed by atoms with van der Waals surface area (Å²) in [6, 6.07) is 12.3. The van der Waals surface area contributed by atoms with Gasteiger partial charge in [0.05, 0.1) is 25.5 Å². The molecule has 0 amide bonds. The van der Waals surface area contributed by atoms with E-state index in [1.54, 1.807) is 13.3 Å². The van der Waals surface area contributed by atoms with Crippen LogP contribution < -0.4 is 10.6 Å². The fourth-order valence-electron chi connectivity index (χ4n) is 2.80. The highest BCUT2D eigenvalue weighted by atomic mass is 16.5. The number of nitrogens with zero attached hydrogens (tertiary/aromatic N) is 1. The highest BCUT2D eigenvalue weighted by molar-refractivity contribution is 5.79. The number of ether oxygens (including phenoxy) is 2. The molecule has 26 heavy (non-hydrogen) atoms. The Morgan fingerprint density at radius 2 is 1.81 bits per heavy atom. The lowest BCUT2D eigenvalue weighted by molar-refractivity contribution is -0.0390. The van der Waals surface area contributed by atoms with Gasteiger partial charge in [0.2, 0.25) is 0 Å². The van der Waals surface area contributed by atoms with E-state index in [0.29, 0.717) is 25.8 Å². The molecule has 2 aromatic rings. The van der Waals surface area contributed by atoms with Crippen LogP contribution in [0.4, 0.5) is 0 Å². The van der Waals surface area contributed by atoms with Gasteiger partial charge < -0.3 is 24.5 Å². The van der Waals surface area contributed by atoms with Crippen molar-refractivity contribution in [2.24, 2.45) is 4.99 Å². The van der Waals surface area contributed by atoms with E-state index in [9.17, 15) is 0 Å². The van der Waals surface area contributed by atoms with Crippen LogP contribution >= 0.6 is 0 Å². The monoisotopic (exact) mass is 357 g/mol. The Hall–Kier alpha value is -2.31. The molecule has 0 aliphatic carbocycles. The molecule has 1 fully saturated rings. The number of rotatable bonds is 7. The fraction of sp³-hybridized carbons (Fsp3) is 0.450. The van der Waals surface area contributed by atoms with Gasteiger partial charge in [-0.25, -0.2) is 0 Å². The maximum Gasteiger partial charge on any atom is 0.191 e. The number of hydrogen-bond donors (Lipinski definition) is 2. The van der Waals surface area contributed by atoms with Gasteiger partial charge in [0.1, 0.15) is 5.76 Å². The summed E-state index contributed by atoms with van der Waals surface area (Å²) in [7, 11) is 1.76. The second-order valence-electron chi connectivity index (χ2n) is 6.30. The molecule has 0 atom stereocenters. The molecule has 0 saturated carbocycles. The van der Waals surface area contributed by atoms with Crippen molar-refractivity contribution in [2.45, 2.75) is 38.6 Å². The average molecular weight is 357 g/mol. The lowest BCUT2D eigenvalue weighted by Crippen LogP contribution is -2.36. The Kier molecular flexibility index (Phi) is 7.10. The molecule has 140 valence electrons. The predicted octanol–water partition coefficient (Wildman–Crippen LogP) is 2.84. The smallest absolute Gasteiger partial charge is 0.191 e. The van der Waals surface area contributed by atoms with Crippen molar-refractivity contribution in [1.82, 2.24) is 10.6 Å². The minimum absolute atomic E-state index is 0.327. The van der Waals surface area contributed by atoms with Gasteiger partial charge in [0, 0.05) is 26.8 Å². The molecule has 1 aliphatic rings. The number of nitrogens with one attached hydrogen (secondary N) is 2. The van der Waals surface area contributed by atoms with Crippen LogP contribution in [-0.2, 0) is 29.2 Å². The first-order chi connectivity index (χ1) is 12.8. The third kappa shape index (κ3) is 5.89. The van der Waals surface area contributed by atoms with E-state index in [4.69, 9.17) is 13.9 Å². The van der Waals surface area contributed by atoms with E-state index >= 15 is 0 Å². The molecule has 3 rings (SSSR count). The Bertz CT molecular complexity index is 662. The third-order valence-corrected chi connectivity index (χ3v) is 4.37. The summed E-state index contributed by atoms with van der Waals surface area (Å²) < 4.78 is 16.6. The van der Waals surface area contributed by atoms with Gasteiger partial charge in [-0.15, -0.1) is 0 Å². The molecule has 2 heterocycles. The van der Waals surface area contributed by atoms with Crippen LogP contribution in [-0.4, -0.2) is 32.3 Å². The van der Waals surface area contributed by atoms with Crippen LogP contribution in [0.5, 0.6) is 0 Å². The molecule has 0 bridgehead atoms. The minimum atomic E-state index is 0.327. The summed E-state index contributed by atoms with van der Waals surface area (Å²) in [5, 5.41) is 6.53. The van der Waals surface area contributed by atoms with Crippen LogP contribution in [0.15, 0.2) is 52.1 Å². The maximum absolute atomic E-state index is 5.96. The Morgan fingerprint density at radius 3 is 2.50 bits per heavy atom. The SMILES string of the molecule is CN=C(NCc1ccc(COC2CCOCC2)cc1)NCc1ccco1. The zero-order valence-electron chi connectivity index (χ0n) is 15.2. The van der Waals surface area contributed by atoms with Crippen molar-refractivity contribution >= 4 is 5.96 Å². The summed E-state index contributed by atoms with van der Waals surface area (Å²) in [5.41, 5.74) is 2.39. The molecule has 0 spiro atoms. The van der Waals surface area contributed by atoms with Crippen molar-refractivity contribution in [3.8, 4) is 0 Å². The van der Waals surface area contributed by atoms with Gasteiger partial charge in [-0.1, -0.05) is 24.3 Å². The van der Waals surface area contributed by atoms with Crippen molar-refractivity contribution < 1.29 is 13.9 Å². The van der Waals surface area contributed by atoms with Crippen LogP contribution in [0.1, 0.15) is 29.7 Å². The van der Waals surface area contributed by atoms with Crippen molar-refractivity contribution in [2.75, 3.05) is 20.3 Å². The largest absolute Gasteiger partial charge is 0.467 e. The number of guanidine groups is 1. The zero-order chi connectivity index (χ0) is 18.0. The van der Waals surface area contributed by atoms with Gasteiger partial charge in [-0.2, -0.15) is 0 Å². The van der Waals surface area contributed by atoms with Crippen LogP contribution in [0.2, 0.25) is 0 Å². The van der Waals surface area contributed by atoms with E-state index < -0.39 is 0 Å². The first-order valence-corrected chi connectivity index (χ1v) is 9.07. The summed E-state index contributed by atoms with van der Waals surface area (Å²) in [4.78, 5) is 4.22. The lowest BCUT2D eigenvalue weighted by Gasteiger charge is -2.22. The van der Waals surface area contributed by atoms with E-state index in [2.05, 4.69) is 39.9 Å². The average Bonchev–Trinajstić information content (AvgIpc) is 3.22. The molecular weight excluding hydrogens is 330 g/mol. The Balaban J connectivity index is 1.40. The lowest BCUT2D eigenvalue weighted by atomic mass is 10.1. The molecule has 1 aromatic carbocycles. The number of benzene rings is 1. The fourth-order valence-corrected chi connectivity index (χ4v) is 2.80. The van der Waals surface area contributed by atoms with Gasteiger partial charge in [-0.05, 0) is 36.1 Å². The first-order valence-electron chi connectivity index (χ1n) is 9.07. The molecule has 6 nitrogen and oxygen atoms in total. The highest BCUT2D eigenvalue weighted by Crippen LogP contribution is 2.14. The number of aliphatic imine (C=N–C) groups is 1. The van der Waals surface area contributed by atoms with Gasteiger partial charge in [0.15, 0.2) is 5.96 Å². The van der Waals surface area contributed by atoms with Gasteiger partial charge in [0.25, 0.3) is 0 Å². The summed E-state index contributed by atoms with van der Waals surface area (Å²) in [6.45, 7) is 3.59. The molecule has 2 N–H and O–H groups in total. The summed E-state index contributed by atoms with van der Waals surface area (Å²) in [5.74, 6) is 1.62. The summed E-state index contributed by atoms with van der Waals surface area (Å²) in [6.07, 6.45) is 3.98. The van der Waals surface area contributed by atoms with Crippen molar-refractivity contribution in [1.29, 1.82) is 0 Å². The van der Waals surface area contributed by atoms with Crippen molar-refractivity contribution in [3.05, 3.63) is 59.5 Å². The number of hydrogen-bond acceptors (Lipinski definition) is 4. The van der Waals surface area contributed by atoms with E-state index in [1.165, 1.54) is 11.1 Å². The van der Waals surface area contributed by atoms with Gasteiger partial charge in [-0.3, -0.25) is 4.99 Å². The molecule has 0 unspecified atom stereocenters. The third-order valence-electron chi connectivity index (χ3n) is 4.37. The van der Waals surface area contributed by atoms with E-state index in [0.717, 1.165) is 37.8 Å².